The first-order chi connectivity index (χ1) is 14.8. The van der Waals surface area contributed by atoms with Crippen LogP contribution >= 0.6 is 0 Å². The van der Waals surface area contributed by atoms with E-state index in [2.05, 4.69) is 23.9 Å². The minimum atomic E-state index is -0.265. The van der Waals surface area contributed by atoms with Crippen LogP contribution in [-0.4, -0.2) is 78.8 Å². The monoisotopic (exact) mass is 426 g/mol. The molecule has 0 spiro atoms. The van der Waals surface area contributed by atoms with Crippen LogP contribution in [0.25, 0.3) is 0 Å². The molecule has 2 aromatic rings. The molecule has 2 heterocycles. The molecule has 0 aliphatic carbocycles. The second kappa shape index (κ2) is 10.1. The minimum absolute atomic E-state index is 0.0748. The number of aliphatic hydroxyl groups is 1. The van der Waals surface area contributed by atoms with Crippen molar-refractivity contribution in [3.05, 3.63) is 53.9 Å². The summed E-state index contributed by atoms with van der Waals surface area (Å²) in [4.78, 5) is 23.4. The number of hydrogen-bond donors (Lipinski definition) is 1. The largest absolute Gasteiger partial charge is 0.488 e. The van der Waals surface area contributed by atoms with Crippen LogP contribution in [0.15, 0.2) is 42.7 Å². The van der Waals surface area contributed by atoms with Gasteiger partial charge in [0.2, 0.25) is 0 Å². The van der Waals surface area contributed by atoms with Crippen molar-refractivity contribution in [1.29, 1.82) is 0 Å². The summed E-state index contributed by atoms with van der Waals surface area (Å²) in [5.74, 6) is 0.592. The van der Waals surface area contributed by atoms with Gasteiger partial charge in [0.05, 0.1) is 18.2 Å². The predicted molar refractivity (Wildman–Crippen MR) is 123 cm³/mol. The number of carbonyl (C=O) groups is 1. The molecule has 1 amide bonds. The van der Waals surface area contributed by atoms with Crippen LogP contribution in [0.3, 0.4) is 0 Å². The third kappa shape index (κ3) is 5.54. The number of ether oxygens (including phenoxy) is 1. The molecule has 31 heavy (non-hydrogen) atoms. The van der Waals surface area contributed by atoms with Crippen molar-refractivity contribution >= 4 is 11.6 Å². The number of rotatable bonds is 7. The highest BCUT2D eigenvalue weighted by Gasteiger charge is 2.33. The van der Waals surface area contributed by atoms with Crippen LogP contribution in [0.4, 0.5) is 5.69 Å². The molecular formula is C24H34N4O3. The molecular weight excluding hydrogens is 392 g/mol. The second-order valence-corrected chi connectivity index (χ2v) is 8.75. The fourth-order valence-electron chi connectivity index (χ4n) is 3.88. The van der Waals surface area contributed by atoms with Gasteiger partial charge in [-0.15, -0.1) is 0 Å². The van der Waals surface area contributed by atoms with Crippen LogP contribution in [0.1, 0.15) is 29.8 Å². The highest BCUT2D eigenvalue weighted by molar-refractivity contribution is 5.98. The molecule has 1 aromatic heterocycles. The molecule has 3 atom stereocenters. The number of anilines is 1. The molecule has 168 valence electrons. The lowest BCUT2D eigenvalue weighted by Crippen LogP contribution is -2.49. The van der Waals surface area contributed by atoms with E-state index in [0.717, 1.165) is 12.2 Å². The number of aliphatic hydroxyl groups excluding tert-OH is 1. The quantitative estimate of drug-likeness (QED) is 0.734. The summed E-state index contributed by atoms with van der Waals surface area (Å²) < 4.78 is 6.44. The van der Waals surface area contributed by atoms with E-state index in [9.17, 15) is 9.90 Å². The summed E-state index contributed by atoms with van der Waals surface area (Å²) in [5, 5.41) is 9.77. The van der Waals surface area contributed by atoms with E-state index < -0.39 is 0 Å². The van der Waals surface area contributed by atoms with Crippen molar-refractivity contribution in [2.24, 2.45) is 5.92 Å². The van der Waals surface area contributed by atoms with Crippen LogP contribution in [0.5, 0.6) is 5.75 Å². The van der Waals surface area contributed by atoms with Crippen LogP contribution in [0.2, 0.25) is 0 Å². The normalized spacial score (nSPS) is 20.0. The number of likely N-dealkylation sites (N-methyl/N-ethyl adjacent to an activating group) is 1. The van der Waals surface area contributed by atoms with E-state index in [1.54, 1.807) is 17.3 Å². The first-order valence-corrected chi connectivity index (χ1v) is 10.8. The molecule has 3 rings (SSSR count). The number of fused-ring (bicyclic) bond motifs is 1. The second-order valence-electron chi connectivity index (χ2n) is 8.75. The lowest BCUT2D eigenvalue weighted by molar-refractivity contribution is 0.0341. The van der Waals surface area contributed by atoms with Crippen molar-refractivity contribution in [2.75, 3.05) is 45.7 Å². The zero-order valence-electron chi connectivity index (χ0n) is 19.2. The van der Waals surface area contributed by atoms with Crippen molar-refractivity contribution in [1.82, 2.24) is 14.8 Å². The third-order valence-corrected chi connectivity index (χ3v) is 5.86. The fourth-order valence-corrected chi connectivity index (χ4v) is 3.88. The maximum absolute atomic E-state index is 13.4. The van der Waals surface area contributed by atoms with Crippen molar-refractivity contribution < 1.29 is 14.6 Å². The summed E-state index contributed by atoms with van der Waals surface area (Å²) in [6.45, 7) is 5.95. The highest BCUT2D eigenvalue weighted by Crippen LogP contribution is 2.31. The number of hydrogen-bond acceptors (Lipinski definition) is 6. The molecule has 0 saturated carbocycles. The molecule has 0 unspecified atom stereocenters. The zero-order chi connectivity index (χ0) is 22.5. The van der Waals surface area contributed by atoms with Crippen LogP contribution in [0, 0.1) is 5.92 Å². The highest BCUT2D eigenvalue weighted by atomic mass is 16.5. The van der Waals surface area contributed by atoms with Gasteiger partial charge < -0.3 is 19.6 Å². The van der Waals surface area contributed by atoms with Gasteiger partial charge >= 0.3 is 0 Å². The lowest BCUT2D eigenvalue weighted by atomic mass is 9.99. The van der Waals surface area contributed by atoms with Gasteiger partial charge in [-0.2, -0.15) is 0 Å². The SMILES string of the molecule is C[C@H](CO)N1C[C@H](C)[C@@H](CN(C)Cc2ccncc2)Oc2ccc(N(C)C)cc2C1=O. The molecule has 1 aromatic carbocycles. The van der Waals surface area contributed by atoms with Crippen LogP contribution in [-0.2, 0) is 6.54 Å². The Balaban J connectivity index is 1.89. The van der Waals surface area contributed by atoms with E-state index in [0.29, 0.717) is 24.4 Å². The van der Waals surface area contributed by atoms with E-state index >= 15 is 0 Å². The summed E-state index contributed by atoms with van der Waals surface area (Å²) in [7, 11) is 5.97. The Hall–Kier alpha value is -2.64. The molecule has 0 bridgehead atoms. The number of aromatic nitrogens is 1. The number of amides is 1. The Morgan fingerprint density at radius 3 is 2.58 bits per heavy atom. The van der Waals surface area contributed by atoms with Crippen molar-refractivity contribution in [2.45, 2.75) is 32.5 Å². The van der Waals surface area contributed by atoms with E-state index in [1.165, 1.54) is 5.56 Å². The van der Waals surface area contributed by atoms with Gasteiger partial charge in [0.25, 0.3) is 5.91 Å². The average Bonchev–Trinajstić information content (AvgIpc) is 2.75. The number of nitrogens with zero attached hydrogens (tertiary/aromatic N) is 4. The smallest absolute Gasteiger partial charge is 0.258 e. The van der Waals surface area contributed by atoms with Crippen molar-refractivity contribution in [3.8, 4) is 5.75 Å². The number of benzene rings is 1. The molecule has 0 saturated heterocycles. The van der Waals surface area contributed by atoms with Crippen molar-refractivity contribution in [3.63, 3.8) is 0 Å². The Morgan fingerprint density at radius 2 is 1.94 bits per heavy atom. The molecule has 1 aliphatic rings. The maximum atomic E-state index is 13.4. The molecule has 1 N–H and O–H groups in total. The van der Waals surface area contributed by atoms with Gasteiger partial charge in [-0.05, 0) is 49.9 Å². The molecule has 0 fully saturated rings. The first kappa shape index (κ1) is 23.0. The van der Waals surface area contributed by atoms with E-state index in [1.807, 2.05) is 56.3 Å². The summed E-state index contributed by atoms with van der Waals surface area (Å²) in [6.07, 6.45) is 3.50. The van der Waals surface area contributed by atoms with E-state index in [4.69, 9.17) is 4.74 Å². The Bertz CT molecular complexity index is 874. The van der Waals surface area contributed by atoms with Gasteiger partial charge in [-0.1, -0.05) is 6.92 Å². The first-order valence-electron chi connectivity index (χ1n) is 10.8. The lowest BCUT2D eigenvalue weighted by Gasteiger charge is -2.38. The minimum Gasteiger partial charge on any atom is -0.488 e. The van der Waals surface area contributed by atoms with E-state index in [-0.39, 0.29) is 30.6 Å². The number of carbonyl (C=O) groups excluding carboxylic acids is 1. The van der Waals surface area contributed by atoms with Gasteiger partial charge in [0, 0.05) is 57.7 Å². The number of pyridine rings is 1. The molecule has 1 aliphatic heterocycles. The summed E-state index contributed by atoms with van der Waals surface area (Å²) in [6, 6.07) is 9.50. The topological polar surface area (TPSA) is 69.1 Å². The van der Waals surface area contributed by atoms with Crippen LogP contribution < -0.4 is 9.64 Å². The third-order valence-electron chi connectivity index (χ3n) is 5.86. The molecule has 7 heteroatoms. The Kier molecular flexibility index (Phi) is 7.51. The van der Waals surface area contributed by atoms with Gasteiger partial charge in [0.15, 0.2) is 0 Å². The van der Waals surface area contributed by atoms with Gasteiger partial charge in [0.1, 0.15) is 11.9 Å². The maximum Gasteiger partial charge on any atom is 0.258 e. The fraction of sp³-hybridized carbons (Fsp3) is 0.500. The standard InChI is InChI=1S/C24H34N4O3/c1-17-13-28(18(2)16-29)24(30)21-12-20(26(3)4)6-7-22(21)31-23(17)15-27(5)14-19-8-10-25-11-9-19/h6-12,17-18,23,29H,13-16H2,1-5H3/t17-,18+,23+/m0/s1. The average molecular weight is 427 g/mol. The van der Waals surface area contributed by atoms with Gasteiger partial charge in [-0.3, -0.25) is 14.7 Å². The summed E-state index contributed by atoms with van der Waals surface area (Å²) >= 11 is 0. The molecule has 0 radical (unpaired) electrons. The van der Waals surface area contributed by atoms with Gasteiger partial charge in [-0.25, -0.2) is 0 Å². The predicted octanol–water partition coefficient (Wildman–Crippen LogP) is 2.50. The summed E-state index contributed by atoms with van der Waals surface area (Å²) in [5.41, 5.74) is 2.67. The Labute approximate surface area is 185 Å². The zero-order valence-corrected chi connectivity index (χ0v) is 19.2. The Morgan fingerprint density at radius 1 is 1.23 bits per heavy atom. The molecule has 7 nitrogen and oxygen atoms in total.